The molecule has 4 nitrogen and oxygen atoms in total. The lowest BCUT2D eigenvalue weighted by Gasteiger charge is -2.07. The molecule has 0 aliphatic rings. The summed E-state index contributed by atoms with van der Waals surface area (Å²) in [6, 6.07) is 21.3. The van der Waals surface area contributed by atoms with Gasteiger partial charge in [-0.05, 0) is 42.0 Å². The quantitative estimate of drug-likeness (QED) is 0.360. The van der Waals surface area contributed by atoms with Gasteiger partial charge in [0.25, 0.3) is 0 Å². The average molecular weight is 451 g/mol. The van der Waals surface area contributed by atoms with E-state index in [2.05, 4.69) is 0 Å². The maximum atomic E-state index is 13.4. The van der Waals surface area contributed by atoms with E-state index in [1.54, 1.807) is 30.5 Å². The Labute approximate surface area is 184 Å². The molecule has 0 radical (unpaired) electrons. The molecule has 0 N–H and O–H groups in total. The van der Waals surface area contributed by atoms with E-state index < -0.39 is 15.7 Å². The lowest BCUT2D eigenvalue weighted by Crippen LogP contribution is -2.03. The number of halogens is 2. The summed E-state index contributed by atoms with van der Waals surface area (Å²) in [5, 5.41) is 10.7. The van der Waals surface area contributed by atoms with Crippen LogP contribution in [0.1, 0.15) is 11.1 Å². The number of aromatic nitrogens is 1. The molecule has 1 heterocycles. The second kappa shape index (κ2) is 8.38. The van der Waals surface area contributed by atoms with E-state index in [0.29, 0.717) is 17.1 Å². The van der Waals surface area contributed by atoms with Gasteiger partial charge in [-0.1, -0.05) is 54.1 Å². The van der Waals surface area contributed by atoms with E-state index in [4.69, 9.17) is 11.6 Å². The molecule has 31 heavy (non-hydrogen) atoms. The number of benzene rings is 3. The number of hydrogen-bond acceptors (Lipinski definition) is 3. The van der Waals surface area contributed by atoms with E-state index >= 15 is 0 Å². The Morgan fingerprint density at radius 3 is 2.48 bits per heavy atom. The van der Waals surface area contributed by atoms with Crippen LogP contribution in [0, 0.1) is 17.1 Å². The normalized spacial score (nSPS) is 12.1. The molecule has 0 aliphatic carbocycles. The molecule has 3 aromatic carbocycles. The minimum atomic E-state index is -3.95. The van der Waals surface area contributed by atoms with Crippen molar-refractivity contribution in [3.8, 4) is 6.07 Å². The van der Waals surface area contributed by atoms with Gasteiger partial charge >= 0.3 is 0 Å². The average Bonchev–Trinajstić information content (AvgIpc) is 3.12. The smallest absolute Gasteiger partial charge is 0.216 e. The number of para-hydroxylation sites is 1. The van der Waals surface area contributed by atoms with E-state index in [-0.39, 0.29) is 9.80 Å². The van der Waals surface area contributed by atoms with Crippen LogP contribution in [0.15, 0.2) is 88.8 Å². The highest BCUT2D eigenvalue weighted by Gasteiger charge is 2.21. The van der Waals surface area contributed by atoms with Gasteiger partial charge in [0.05, 0.1) is 4.90 Å². The van der Waals surface area contributed by atoms with Gasteiger partial charge in [0.2, 0.25) is 9.84 Å². The molecular formula is C24H16ClFN2O2S. The van der Waals surface area contributed by atoms with Gasteiger partial charge in [-0.15, -0.1) is 0 Å². The number of sulfone groups is 1. The molecule has 0 aliphatic heterocycles. The summed E-state index contributed by atoms with van der Waals surface area (Å²) in [5.41, 5.74) is 2.14. The summed E-state index contributed by atoms with van der Waals surface area (Å²) in [6.07, 6.45) is 3.15. The molecule has 4 aromatic rings. The highest BCUT2D eigenvalue weighted by molar-refractivity contribution is 7.95. The fourth-order valence-electron chi connectivity index (χ4n) is 3.39. The predicted octanol–water partition coefficient (Wildman–Crippen LogP) is 5.82. The molecule has 154 valence electrons. The van der Waals surface area contributed by atoms with Gasteiger partial charge in [-0.3, -0.25) is 0 Å². The molecule has 0 saturated heterocycles. The molecular weight excluding hydrogens is 435 g/mol. The standard InChI is InChI=1S/C24H16ClFN2O2S/c25-23-13-19(26)11-10-17(23)15-28-16-18(22-8-4-5-9-24(22)28)12-21(14-27)31(29,30)20-6-2-1-3-7-20/h1-13,16H,15H2/b21-12-. The molecule has 0 saturated carbocycles. The van der Waals surface area contributed by atoms with Gasteiger partial charge in [0, 0.05) is 34.2 Å². The molecule has 0 fully saturated rings. The van der Waals surface area contributed by atoms with E-state index in [1.807, 2.05) is 34.9 Å². The Kier molecular flexibility index (Phi) is 5.64. The van der Waals surface area contributed by atoms with E-state index in [9.17, 15) is 18.1 Å². The summed E-state index contributed by atoms with van der Waals surface area (Å²) < 4.78 is 41.1. The molecule has 0 bridgehead atoms. The number of fused-ring (bicyclic) bond motifs is 1. The van der Waals surface area contributed by atoms with Gasteiger partial charge in [0.15, 0.2) is 0 Å². The molecule has 0 amide bonds. The molecule has 0 unspecified atom stereocenters. The van der Waals surface area contributed by atoms with Crippen LogP contribution in [0.25, 0.3) is 17.0 Å². The Bertz CT molecular complexity index is 1450. The second-order valence-electron chi connectivity index (χ2n) is 6.90. The summed E-state index contributed by atoms with van der Waals surface area (Å²) >= 11 is 6.18. The summed E-state index contributed by atoms with van der Waals surface area (Å²) in [6.45, 7) is 0.362. The minimum absolute atomic E-state index is 0.0598. The molecule has 0 atom stereocenters. The number of nitrogens with zero attached hydrogens (tertiary/aromatic N) is 2. The number of hydrogen-bond donors (Lipinski definition) is 0. The molecule has 7 heteroatoms. The van der Waals surface area contributed by atoms with Crippen molar-refractivity contribution in [3.05, 3.63) is 106 Å². The van der Waals surface area contributed by atoms with Crippen LogP contribution in [-0.2, 0) is 16.4 Å². The Morgan fingerprint density at radius 2 is 1.77 bits per heavy atom. The first-order valence-electron chi connectivity index (χ1n) is 9.34. The van der Waals surface area contributed by atoms with Crippen LogP contribution in [0.4, 0.5) is 4.39 Å². The maximum Gasteiger partial charge on any atom is 0.216 e. The van der Waals surface area contributed by atoms with E-state index in [0.717, 1.165) is 16.5 Å². The van der Waals surface area contributed by atoms with Crippen LogP contribution in [0.5, 0.6) is 0 Å². The second-order valence-corrected chi connectivity index (χ2v) is 9.23. The van der Waals surface area contributed by atoms with Gasteiger partial charge < -0.3 is 4.57 Å². The summed E-state index contributed by atoms with van der Waals surface area (Å²) in [4.78, 5) is -0.286. The molecule has 4 rings (SSSR count). The van der Waals surface area contributed by atoms with Crippen molar-refractivity contribution in [3.63, 3.8) is 0 Å². The van der Waals surface area contributed by atoms with Crippen molar-refractivity contribution >= 4 is 38.4 Å². The number of rotatable bonds is 5. The van der Waals surface area contributed by atoms with Gasteiger partial charge in [0.1, 0.15) is 16.8 Å². The van der Waals surface area contributed by atoms with Crippen LogP contribution in [0.3, 0.4) is 0 Å². The fourth-order valence-corrected chi connectivity index (χ4v) is 4.79. The fraction of sp³-hybridized carbons (Fsp3) is 0.0417. The Balaban J connectivity index is 1.82. The highest BCUT2D eigenvalue weighted by Crippen LogP contribution is 2.28. The van der Waals surface area contributed by atoms with Crippen LogP contribution in [0.2, 0.25) is 5.02 Å². The van der Waals surface area contributed by atoms with Crippen molar-refractivity contribution in [1.82, 2.24) is 4.57 Å². The first kappa shape index (κ1) is 20.9. The third-order valence-electron chi connectivity index (χ3n) is 4.92. The van der Waals surface area contributed by atoms with Gasteiger partial charge in [-0.2, -0.15) is 5.26 Å². The van der Waals surface area contributed by atoms with Crippen LogP contribution < -0.4 is 0 Å². The summed E-state index contributed by atoms with van der Waals surface area (Å²) in [5.74, 6) is -0.417. The lowest BCUT2D eigenvalue weighted by atomic mass is 10.1. The molecule has 1 aromatic heterocycles. The monoisotopic (exact) mass is 450 g/mol. The van der Waals surface area contributed by atoms with Crippen molar-refractivity contribution in [2.75, 3.05) is 0 Å². The maximum absolute atomic E-state index is 13.4. The van der Waals surface area contributed by atoms with Crippen molar-refractivity contribution in [2.45, 2.75) is 11.4 Å². The first-order valence-corrected chi connectivity index (χ1v) is 11.2. The van der Waals surface area contributed by atoms with Crippen LogP contribution in [-0.4, -0.2) is 13.0 Å². The molecule has 0 spiro atoms. The number of allylic oxidation sites excluding steroid dienone is 1. The van der Waals surface area contributed by atoms with Crippen LogP contribution >= 0.6 is 11.6 Å². The predicted molar refractivity (Wildman–Crippen MR) is 120 cm³/mol. The first-order chi connectivity index (χ1) is 14.9. The van der Waals surface area contributed by atoms with Crippen molar-refractivity contribution in [1.29, 1.82) is 5.26 Å². The lowest BCUT2D eigenvalue weighted by molar-refractivity contribution is 0.603. The third kappa shape index (κ3) is 4.11. The zero-order valence-electron chi connectivity index (χ0n) is 16.2. The Hall–Kier alpha value is -3.40. The third-order valence-corrected chi connectivity index (χ3v) is 6.95. The number of nitriles is 1. The zero-order valence-corrected chi connectivity index (χ0v) is 17.7. The minimum Gasteiger partial charge on any atom is -0.342 e. The summed E-state index contributed by atoms with van der Waals surface area (Å²) in [7, 11) is -3.95. The SMILES string of the molecule is N#C/C(=C/c1cn(Cc2ccc(F)cc2Cl)c2ccccc12)S(=O)(=O)c1ccccc1. The Morgan fingerprint density at radius 1 is 1.06 bits per heavy atom. The largest absolute Gasteiger partial charge is 0.342 e. The van der Waals surface area contributed by atoms with E-state index in [1.165, 1.54) is 30.3 Å². The van der Waals surface area contributed by atoms with Crippen molar-refractivity contribution < 1.29 is 12.8 Å². The zero-order chi connectivity index (χ0) is 22.0. The van der Waals surface area contributed by atoms with Gasteiger partial charge in [-0.25, -0.2) is 12.8 Å². The topological polar surface area (TPSA) is 62.9 Å². The highest BCUT2D eigenvalue weighted by atomic mass is 35.5. The van der Waals surface area contributed by atoms with Crippen molar-refractivity contribution in [2.24, 2.45) is 0 Å².